The quantitative estimate of drug-likeness (QED) is 0.498. The molecule has 3 aromatic rings. The summed E-state index contributed by atoms with van der Waals surface area (Å²) < 4.78 is 42.0. The molecule has 0 aliphatic carbocycles. The highest BCUT2D eigenvalue weighted by atomic mass is 32.2. The number of hydrogen-bond acceptors (Lipinski definition) is 7. The molecule has 1 aliphatic heterocycles. The molecule has 2 aromatic carbocycles. The monoisotopic (exact) mass is 482 g/mol. The van der Waals surface area contributed by atoms with Crippen LogP contribution in [0.5, 0.6) is 17.2 Å². The highest BCUT2D eigenvalue weighted by Crippen LogP contribution is 2.32. The number of benzene rings is 2. The Balaban J connectivity index is 1.28. The summed E-state index contributed by atoms with van der Waals surface area (Å²) in [7, 11) is -3.64. The molecule has 1 amide bonds. The summed E-state index contributed by atoms with van der Waals surface area (Å²) in [5.74, 6) is 0.984. The molecule has 1 unspecified atom stereocenters. The molecule has 34 heavy (non-hydrogen) atoms. The molecule has 0 saturated carbocycles. The van der Waals surface area contributed by atoms with Gasteiger partial charge in [-0.3, -0.25) is 9.78 Å². The number of nitrogens with one attached hydrogen (secondary N) is 1. The predicted molar refractivity (Wildman–Crippen MR) is 126 cm³/mol. The second-order valence-electron chi connectivity index (χ2n) is 7.88. The maximum atomic E-state index is 12.7. The lowest BCUT2D eigenvalue weighted by Crippen LogP contribution is -2.28. The molecule has 0 spiro atoms. The molecular formula is C25H26N2O6S. The average molecular weight is 483 g/mol. The first-order valence-corrected chi connectivity index (χ1v) is 12.6. The second kappa shape index (κ2) is 10.6. The zero-order valence-electron chi connectivity index (χ0n) is 18.8. The first-order chi connectivity index (χ1) is 16.4. The third-order valence-electron chi connectivity index (χ3n) is 5.36. The van der Waals surface area contributed by atoms with Gasteiger partial charge in [-0.05, 0) is 42.8 Å². The zero-order valence-corrected chi connectivity index (χ0v) is 19.6. The molecule has 0 fully saturated rings. The Morgan fingerprint density at radius 1 is 1.09 bits per heavy atom. The van der Waals surface area contributed by atoms with Gasteiger partial charge in [-0.15, -0.1) is 0 Å². The van der Waals surface area contributed by atoms with E-state index in [1.54, 1.807) is 18.5 Å². The van der Waals surface area contributed by atoms with Gasteiger partial charge in [-0.1, -0.05) is 18.2 Å². The number of sulfone groups is 1. The highest BCUT2D eigenvalue weighted by molar-refractivity contribution is 7.91. The van der Waals surface area contributed by atoms with Crippen molar-refractivity contribution in [3.05, 3.63) is 78.1 Å². The van der Waals surface area contributed by atoms with Crippen LogP contribution in [0.15, 0.2) is 71.9 Å². The van der Waals surface area contributed by atoms with Gasteiger partial charge in [-0.2, -0.15) is 0 Å². The number of nitrogens with zero attached hydrogens (tertiary/aromatic N) is 1. The lowest BCUT2D eigenvalue weighted by Gasteiger charge is -2.19. The van der Waals surface area contributed by atoms with Gasteiger partial charge in [-0.25, -0.2) is 8.42 Å². The van der Waals surface area contributed by atoms with Gasteiger partial charge in [0.2, 0.25) is 5.91 Å². The van der Waals surface area contributed by atoms with Gasteiger partial charge in [0.15, 0.2) is 21.3 Å². The minimum atomic E-state index is -3.64. The number of rotatable bonds is 9. The van der Waals surface area contributed by atoms with Crippen molar-refractivity contribution in [2.45, 2.75) is 30.9 Å². The Morgan fingerprint density at radius 3 is 2.59 bits per heavy atom. The molecule has 1 aliphatic rings. The minimum Gasteiger partial charge on any atom is -0.489 e. The summed E-state index contributed by atoms with van der Waals surface area (Å²) in [6, 6.07) is 15.4. The molecule has 0 saturated heterocycles. The van der Waals surface area contributed by atoms with Crippen LogP contribution in [0, 0.1) is 0 Å². The molecule has 178 valence electrons. The number of aromatic nitrogens is 1. The summed E-state index contributed by atoms with van der Waals surface area (Å²) in [4.78, 5) is 16.6. The van der Waals surface area contributed by atoms with E-state index in [4.69, 9.17) is 14.2 Å². The molecule has 2 heterocycles. The zero-order chi connectivity index (χ0) is 24.0. The largest absolute Gasteiger partial charge is 0.489 e. The minimum absolute atomic E-state index is 0.111. The molecule has 1 atom stereocenters. The van der Waals surface area contributed by atoms with Crippen LogP contribution in [0.25, 0.3) is 0 Å². The van der Waals surface area contributed by atoms with Gasteiger partial charge >= 0.3 is 0 Å². The SMILES string of the molecule is CC(NC(=O)CCS(=O)(=O)c1ccc2c(c1)OCCO2)c1ccc(OCc2cccnc2)cc1. The normalized spacial score (nSPS) is 13.7. The maximum Gasteiger partial charge on any atom is 0.221 e. The Kier molecular flexibility index (Phi) is 7.32. The van der Waals surface area contributed by atoms with E-state index >= 15 is 0 Å². The Bertz CT molecular complexity index is 1230. The van der Waals surface area contributed by atoms with Gasteiger partial charge in [0, 0.05) is 30.4 Å². The van der Waals surface area contributed by atoms with Gasteiger partial charge in [0.1, 0.15) is 25.6 Å². The molecule has 9 heteroatoms. The van der Waals surface area contributed by atoms with Gasteiger partial charge < -0.3 is 19.5 Å². The molecule has 1 N–H and O–H groups in total. The van der Waals surface area contributed by atoms with Crippen molar-refractivity contribution < 1.29 is 27.4 Å². The van der Waals surface area contributed by atoms with Crippen LogP contribution in [-0.2, 0) is 21.2 Å². The lowest BCUT2D eigenvalue weighted by molar-refractivity contribution is -0.121. The van der Waals surface area contributed by atoms with Crippen LogP contribution < -0.4 is 19.5 Å². The summed E-state index contributed by atoms with van der Waals surface area (Å²) >= 11 is 0. The topological polar surface area (TPSA) is 104 Å². The number of ether oxygens (including phenoxy) is 3. The molecule has 1 aromatic heterocycles. The maximum absolute atomic E-state index is 12.7. The van der Waals surface area contributed by atoms with E-state index in [1.165, 1.54) is 12.1 Å². The van der Waals surface area contributed by atoms with Crippen molar-refractivity contribution in [3.8, 4) is 17.2 Å². The van der Waals surface area contributed by atoms with Gasteiger partial charge in [0.25, 0.3) is 0 Å². The Morgan fingerprint density at radius 2 is 1.85 bits per heavy atom. The number of fused-ring (bicyclic) bond motifs is 1. The van der Waals surface area contributed by atoms with Crippen molar-refractivity contribution in [1.82, 2.24) is 10.3 Å². The summed E-state index contributed by atoms with van der Waals surface area (Å²) in [5, 5.41) is 2.85. The number of amides is 1. The van der Waals surface area contributed by atoms with Crippen LogP contribution in [0.2, 0.25) is 0 Å². The van der Waals surface area contributed by atoms with Crippen molar-refractivity contribution >= 4 is 15.7 Å². The van der Waals surface area contributed by atoms with E-state index in [2.05, 4.69) is 10.3 Å². The molecule has 0 bridgehead atoms. The Labute approximate surface area is 198 Å². The third-order valence-corrected chi connectivity index (χ3v) is 7.07. The van der Waals surface area contributed by atoms with Crippen molar-refractivity contribution in [3.63, 3.8) is 0 Å². The molecule has 8 nitrogen and oxygen atoms in total. The van der Waals surface area contributed by atoms with E-state index in [0.717, 1.165) is 11.1 Å². The number of hydrogen-bond donors (Lipinski definition) is 1. The summed E-state index contributed by atoms with van der Waals surface area (Å²) in [5.41, 5.74) is 1.86. The molecule has 0 radical (unpaired) electrons. The van der Waals surface area contributed by atoms with Crippen molar-refractivity contribution in [1.29, 1.82) is 0 Å². The lowest BCUT2D eigenvalue weighted by atomic mass is 10.1. The average Bonchev–Trinajstić information content (AvgIpc) is 2.87. The first-order valence-electron chi connectivity index (χ1n) is 10.9. The van der Waals surface area contributed by atoms with Gasteiger partial charge in [0.05, 0.1) is 16.7 Å². The first kappa shape index (κ1) is 23.6. The molecule has 4 rings (SSSR count). The number of carbonyl (C=O) groups excluding carboxylic acids is 1. The van der Waals surface area contributed by atoms with E-state index in [9.17, 15) is 13.2 Å². The van der Waals surface area contributed by atoms with Crippen LogP contribution in [-0.4, -0.2) is 38.3 Å². The van der Waals surface area contributed by atoms with Crippen LogP contribution in [0.4, 0.5) is 0 Å². The predicted octanol–water partition coefficient (Wildman–Crippen LogP) is 3.47. The number of carbonyl (C=O) groups is 1. The second-order valence-corrected chi connectivity index (χ2v) is 9.99. The van der Waals surface area contributed by atoms with E-state index in [1.807, 2.05) is 43.3 Å². The third kappa shape index (κ3) is 6.05. The summed E-state index contributed by atoms with van der Waals surface area (Å²) in [6.45, 7) is 3.06. The van der Waals surface area contributed by atoms with E-state index in [-0.39, 0.29) is 29.0 Å². The fourth-order valence-electron chi connectivity index (χ4n) is 3.46. The molecular weight excluding hydrogens is 456 g/mol. The van der Waals surface area contributed by atoms with E-state index < -0.39 is 9.84 Å². The van der Waals surface area contributed by atoms with Crippen molar-refractivity contribution in [2.24, 2.45) is 0 Å². The fourth-order valence-corrected chi connectivity index (χ4v) is 4.71. The van der Waals surface area contributed by atoms with Crippen LogP contribution in [0.1, 0.15) is 30.5 Å². The fraction of sp³-hybridized carbons (Fsp3) is 0.280. The van der Waals surface area contributed by atoms with Crippen LogP contribution >= 0.6 is 0 Å². The van der Waals surface area contributed by atoms with E-state index in [0.29, 0.717) is 37.1 Å². The highest BCUT2D eigenvalue weighted by Gasteiger charge is 2.21. The number of pyridine rings is 1. The summed E-state index contributed by atoms with van der Waals surface area (Å²) in [6.07, 6.45) is 3.31. The van der Waals surface area contributed by atoms with Crippen molar-refractivity contribution in [2.75, 3.05) is 19.0 Å². The van der Waals surface area contributed by atoms with Crippen LogP contribution in [0.3, 0.4) is 0 Å². The Hall–Kier alpha value is -3.59. The standard InChI is InChI=1S/C25H26N2O6S/c1-18(20-4-6-21(7-5-20)33-17-19-3-2-11-26-16-19)27-25(28)10-14-34(29,30)22-8-9-23-24(15-22)32-13-12-31-23/h2-9,11,15-16,18H,10,12-14,17H2,1H3,(H,27,28). The smallest absolute Gasteiger partial charge is 0.221 e.